The van der Waals surface area contributed by atoms with Crippen LogP contribution in [0.1, 0.15) is 47.8 Å². The molecule has 0 aliphatic carbocycles. The van der Waals surface area contributed by atoms with E-state index in [1.165, 1.54) is 11.1 Å². The van der Waals surface area contributed by atoms with Gasteiger partial charge in [-0.15, -0.1) is 0 Å². The Kier molecular flexibility index (Phi) is 4.17. The molecule has 1 N–H and O–H groups in total. The number of amides is 1. The van der Waals surface area contributed by atoms with Crippen molar-refractivity contribution in [2.24, 2.45) is 0 Å². The maximum Gasteiger partial charge on any atom is 0.255 e. The summed E-state index contributed by atoms with van der Waals surface area (Å²) in [7, 11) is 0. The Morgan fingerprint density at radius 3 is 2.14 bits per heavy atom. The van der Waals surface area contributed by atoms with Gasteiger partial charge in [-0.1, -0.05) is 45.0 Å². The van der Waals surface area contributed by atoms with Crippen molar-refractivity contribution in [1.29, 1.82) is 0 Å². The molecule has 1 amide bonds. The normalized spacial score (nSPS) is 11.3. The molecule has 0 aromatic heterocycles. The van der Waals surface area contributed by atoms with Gasteiger partial charge in [0.1, 0.15) is 0 Å². The highest BCUT2D eigenvalue weighted by atomic mass is 16.1. The number of benzene rings is 2. The molecule has 0 atom stereocenters. The topological polar surface area (TPSA) is 29.1 Å². The summed E-state index contributed by atoms with van der Waals surface area (Å²) in [5, 5.41) is 2.99. The predicted molar refractivity (Wildman–Crippen MR) is 89.0 cm³/mol. The Morgan fingerprint density at radius 2 is 1.57 bits per heavy atom. The van der Waals surface area contributed by atoms with E-state index in [9.17, 15) is 4.79 Å². The number of nitrogens with one attached hydrogen (secondary N) is 1. The van der Waals surface area contributed by atoms with E-state index in [4.69, 9.17) is 0 Å². The first-order valence-electron chi connectivity index (χ1n) is 7.27. The number of aryl methyl sites for hydroxylation is 1. The fourth-order valence-corrected chi connectivity index (χ4v) is 2.20. The summed E-state index contributed by atoms with van der Waals surface area (Å²) in [4.78, 5) is 12.3. The van der Waals surface area contributed by atoms with Crippen molar-refractivity contribution in [2.75, 3.05) is 5.32 Å². The van der Waals surface area contributed by atoms with Crippen LogP contribution in [0.4, 0.5) is 5.69 Å². The SMILES string of the molecule is Cc1cccc(NC(=O)c2ccc(C(C)(C)C)cc2)c1C. The third-order valence-corrected chi connectivity index (χ3v) is 3.87. The van der Waals surface area contributed by atoms with Gasteiger partial charge in [-0.2, -0.15) is 0 Å². The monoisotopic (exact) mass is 281 g/mol. The summed E-state index contributed by atoms with van der Waals surface area (Å²) in [6, 6.07) is 13.8. The van der Waals surface area contributed by atoms with Crippen molar-refractivity contribution in [1.82, 2.24) is 0 Å². The molecule has 0 fully saturated rings. The van der Waals surface area contributed by atoms with E-state index >= 15 is 0 Å². The van der Waals surface area contributed by atoms with Crippen LogP contribution in [0, 0.1) is 13.8 Å². The second kappa shape index (κ2) is 5.72. The molecule has 2 nitrogen and oxygen atoms in total. The van der Waals surface area contributed by atoms with Gasteiger partial charge in [-0.05, 0) is 54.2 Å². The molecule has 21 heavy (non-hydrogen) atoms. The summed E-state index contributed by atoms with van der Waals surface area (Å²) in [5.41, 5.74) is 5.17. The van der Waals surface area contributed by atoms with Gasteiger partial charge >= 0.3 is 0 Å². The molecule has 2 heteroatoms. The lowest BCUT2D eigenvalue weighted by molar-refractivity contribution is 0.102. The average molecular weight is 281 g/mol. The maximum absolute atomic E-state index is 12.3. The van der Waals surface area contributed by atoms with Crippen molar-refractivity contribution >= 4 is 11.6 Å². The van der Waals surface area contributed by atoms with Gasteiger partial charge in [0.15, 0.2) is 0 Å². The molecule has 0 unspecified atom stereocenters. The highest BCUT2D eigenvalue weighted by molar-refractivity contribution is 6.04. The van der Waals surface area contributed by atoms with Crippen molar-refractivity contribution in [3.8, 4) is 0 Å². The quantitative estimate of drug-likeness (QED) is 0.837. The first kappa shape index (κ1) is 15.3. The van der Waals surface area contributed by atoms with Gasteiger partial charge in [-0.25, -0.2) is 0 Å². The molecule has 0 aliphatic rings. The van der Waals surface area contributed by atoms with E-state index in [0.717, 1.165) is 11.3 Å². The molecule has 0 aliphatic heterocycles. The number of hydrogen-bond acceptors (Lipinski definition) is 1. The standard InChI is InChI=1S/C19H23NO/c1-13-7-6-8-17(14(13)2)20-18(21)15-9-11-16(12-10-15)19(3,4)5/h6-12H,1-5H3,(H,20,21). The van der Waals surface area contributed by atoms with Crippen LogP contribution in [0.25, 0.3) is 0 Å². The molecular formula is C19H23NO. The molecule has 2 rings (SSSR count). The molecule has 2 aromatic carbocycles. The predicted octanol–water partition coefficient (Wildman–Crippen LogP) is 4.85. The number of hydrogen-bond donors (Lipinski definition) is 1. The van der Waals surface area contributed by atoms with Gasteiger partial charge < -0.3 is 5.32 Å². The van der Waals surface area contributed by atoms with Crippen LogP contribution in [-0.4, -0.2) is 5.91 Å². The fourth-order valence-electron chi connectivity index (χ4n) is 2.20. The van der Waals surface area contributed by atoms with Crippen molar-refractivity contribution in [3.63, 3.8) is 0 Å². The Bertz CT molecular complexity index is 648. The van der Waals surface area contributed by atoms with Crippen LogP contribution < -0.4 is 5.32 Å². The van der Waals surface area contributed by atoms with Crippen LogP contribution in [-0.2, 0) is 5.41 Å². The van der Waals surface area contributed by atoms with Gasteiger partial charge in [0.25, 0.3) is 5.91 Å². The van der Waals surface area contributed by atoms with E-state index < -0.39 is 0 Å². The maximum atomic E-state index is 12.3. The van der Waals surface area contributed by atoms with Gasteiger partial charge in [0.05, 0.1) is 0 Å². The fraction of sp³-hybridized carbons (Fsp3) is 0.316. The van der Waals surface area contributed by atoms with Gasteiger partial charge in [0, 0.05) is 11.3 Å². The highest BCUT2D eigenvalue weighted by Crippen LogP contribution is 2.23. The minimum absolute atomic E-state index is 0.0656. The molecule has 0 radical (unpaired) electrons. The smallest absolute Gasteiger partial charge is 0.255 e. The number of rotatable bonds is 2. The molecule has 110 valence electrons. The lowest BCUT2D eigenvalue weighted by Gasteiger charge is -2.19. The second-order valence-electron chi connectivity index (χ2n) is 6.53. The van der Waals surface area contributed by atoms with Crippen LogP contribution >= 0.6 is 0 Å². The Labute approximate surface area is 127 Å². The largest absolute Gasteiger partial charge is 0.322 e. The first-order valence-corrected chi connectivity index (χ1v) is 7.27. The Hall–Kier alpha value is -2.09. The molecule has 0 heterocycles. The average Bonchev–Trinajstić information content (AvgIpc) is 2.43. The summed E-state index contributed by atoms with van der Waals surface area (Å²) in [6.45, 7) is 10.6. The lowest BCUT2D eigenvalue weighted by Crippen LogP contribution is -2.15. The second-order valence-corrected chi connectivity index (χ2v) is 6.53. The van der Waals surface area contributed by atoms with E-state index in [1.807, 2.05) is 56.3 Å². The van der Waals surface area contributed by atoms with Crippen LogP contribution in [0.2, 0.25) is 0 Å². The van der Waals surface area contributed by atoms with Crippen molar-refractivity contribution in [3.05, 3.63) is 64.7 Å². The van der Waals surface area contributed by atoms with E-state index in [2.05, 4.69) is 26.1 Å². The lowest BCUT2D eigenvalue weighted by atomic mass is 9.86. The molecule has 0 spiro atoms. The summed E-state index contributed by atoms with van der Waals surface area (Å²) in [6.07, 6.45) is 0. The van der Waals surface area contributed by atoms with Crippen LogP contribution in [0.15, 0.2) is 42.5 Å². The molecular weight excluding hydrogens is 258 g/mol. The zero-order valence-corrected chi connectivity index (χ0v) is 13.4. The minimum Gasteiger partial charge on any atom is -0.322 e. The minimum atomic E-state index is -0.0656. The Balaban J connectivity index is 2.19. The Morgan fingerprint density at radius 1 is 0.952 bits per heavy atom. The molecule has 0 bridgehead atoms. The summed E-state index contributed by atoms with van der Waals surface area (Å²) in [5.74, 6) is -0.0656. The van der Waals surface area contributed by atoms with Crippen molar-refractivity contribution < 1.29 is 4.79 Å². The third-order valence-electron chi connectivity index (χ3n) is 3.87. The zero-order chi connectivity index (χ0) is 15.6. The van der Waals surface area contributed by atoms with E-state index in [0.29, 0.717) is 5.56 Å². The van der Waals surface area contributed by atoms with Gasteiger partial charge in [-0.3, -0.25) is 4.79 Å². The van der Waals surface area contributed by atoms with E-state index in [-0.39, 0.29) is 11.3 Å². The van der Waals surface area contributed by atoms with Gasteiger partial charge in [0.2, 0.25) is 0 Å². The number of carbonyl (C=O) groups is 1. The molecule has 0 saturated carbocycles. The van der Waals surface area contributed by atoms with Crippen LogP contribution in [0.3, 0.4) is 0 Å². The first-order chi connectivity index (χ1) is 9.79. The molecule has 0 saturated heterocycles. The summed E-state index contributed by atoms with van der Waals surface area (Å²) >= 11 is 0. The van der Waals surface area contributed by atoms with Crippen molar-refractivity contribution in [2.45, 2.75) is 40.0 Å². The summed E-state index contributed by atoms with van der Waals surface area (Å²) < 4.78 is 0. The van der Waals surface area contributed by atoms with E-state index in [1.54, 1.807) is 0 Å². The van der Waals surface area contributed by atoms with Crippen LogP contribution in [0.5, 0.6) is 0 Å². The molecule has 2 aromatic rings. The highest BCUT2D eigenvalue weighted by Gasteiger charge is 2.14. The number of anilines is 1. The third kappa shape index (κ3) is 3.52. The number of carbonyl (C=O) groups excluding carboxylic acids is 1. The zero-order valence-electron chi connectivity index (χ0n) is 13.4.